The third kappa shape index (κ3) is 4.94. The average molecular weight is 368 g/mol. The first-order valence-electron chi connectivity index (χ1n) is 9.42. The quantitative estimate of drug-likeness (QED) is 0.829. The normalized spacial score (nSPS) is 14.7. The summed E-state index contributed by atoms with van der Waals surface area (Å²) in [5.41, 5.74) is 2.66. The second-order valence-electron chi connectivity index (χ2n) is 6.97. The Balaban J connectivity index is 1.54. The Bertz CT molecular complexity index is 804. The van der Waals surface area contributed by atoms with Gasteiger partial charge >= 0.3 is 0 Å². The number of hydrogen-bond donors (Lipinski definition) is 0. The molecule has 1 heterocycles. The molecule has 142 valence electrons. The number of nitrogens with zero attached hydrogens (tertiary/aromatic N) is 2. The number of hydrogen-bond acceptors (Lipinski definition) is 2. The lowest BCUT2D eigenvalue weighted by atomic mass is 10.1. The third-order valence-electron chi connectivity index (χ3n) is 5.05. The van der Waals surface area contributed by atoms with Crippen molar-refractivity contribution < 1.29 is 14.0 Å². The summed E-state index contributed by atoms with van der Waals surface area (Å²) in [5, 5.41) is 0. The average Bonchev–Trinajstić information content (AvgIpc) is 2.93. The Hall–Kier alpha value is -2.69. The topological polar surface area (TPSA) is 40.6 Å². The third-order valence-corrected chi connectivity index (χ3v) is 5.05. The number of halogens is 1. The molecule has 0 atom stereocenters. The minimum absolute atomic E-state index is 0.0358. The van der Waals surface area contributed by atoms with Gasteiger partial charge in [-0.05, 0) is 49.1 Å². The first-order chi connectivity index (χ1) is 13.0. The molecule has 0 unspecified atom stereocenters. The van der Waals surface area contributed by atoms with Crippen LogP contribution in [0.2, 0.25) is 0 Å². The fourth-order valence-corrected chi connectivity index (χ4v) is 3.41. The zero-order valence-corrected chi connectivity index (χ0v) is 15.7. The monoisotopic (exact) mass is 368 g/mol. The van der Waals surface area contributed by atoms with Crippen LogP contribution in [0.3, 0.4) is 0 Å². The predicted molar refractivity (Wildman–Crippen MR) is 103 cm³/mol. The summed E-state index contributed by atoms with van der Waals surface area (Å²) < 4.78 is 13.0. The summed E-state index contributed by atoms with van der Waals surface area (Å²) in [7, 11) is 0. The maximum absolute atomic E-state index is 13.0. The number of carbonyl (C=O) groups excluding carboxylic acids is 2. The fraction of sp³-hybridized carbons (Fsp3) is 0.364. The molecule has 1 aliphatic rings. The van der Waals surface area contributed by atoms with Gasteiger partial charge in [0.25, 0.3) is 5.91 Å². The molecule has 2 aromatic rings. The van der Waals surface area contributed by atoms with Gasteiger partial charge in [-0.25, -0.2) is 4.39 Å². The van der Waals surface area contributed by atoms with Crippen molar-refractivity contribution in [1.29, 1.82) is 0 Å². The lowest BCUT2D eigenvalue weighted by molar-refractivity contribution is -0.131. The highest BCUT2D eigenvalue weighted by molar-refractivity contribution is 5.95. The predicted octanol–water partition coefficient (Wildman–Crippen LogP) is 3.44. The van der Waals surface area contributed by atoms with Crippen LogP contribution in [0.25, 0.3) is 0 Å². The molecule has 5 heteroatoms. The molecule has 3 rings (SSSR count). The van der Waals surface area contributed by atoms with Crippen molar-refractivity contribution in [3.63, 3.8) is 0 Å². The van der Waals surface area contributed by atoms with Crippen molar-refractivity contribution in [3.8, 4) is 0 Å². The van der Waals surface area contributed by atoms with Gasteiger partial charge in [0.2, 0.25) is 5.91 Å². The highest BCUT2D eigenvalue weighted by Crippen LogP contribution is 2.14. The second kappa shape index (κ2) is 8.80. The molecule has 2 aromatic carbocycles. The highest BCUT2D eigenvalue weighted by atomic mass is 19.1. The van der Waals surface area contributed by atoms with Gasteiger partial charge in [-0.3, -0.25) is 9.59 Å². The Kier molecular flexibility index (Phi) is 6.22. The van der Waals surface area contributed by atoms with E-state index in [0.29, 0.717) is 39.0 Å². The molecule has 0 aromatic heterocycles. The molecule has 4 nitrogen and oxygen atoms in total. The van der Waals surface area contributed by atoms with Crippen LogP contribution in [0.4, 0.5) is 4.39 Å². The number of carbonyl (C=O) groups is 2. The van der Waals surface area contributed by atoms with E-state index in [9.17, 15) is 14.0 Å². The first kappa shape index (κ1) is 19.1. The van der Waals surface area contributed by atoms with Crippen LogP contribution in [0.1, 0.15) is 34.3 Å². The number of amides is 2. The van der Waals surface area contributed by atoms with Gasteiger partial charge in [0, 0.05) is 38.2 Å². The number of rotatable bonds is 4. The molecule has 0 bridgehead atoms. The summed E-state index contributed by atoms with van der Waals surface area (Å²) >= 11 is 0. The smallest absolute Gasteiger partial charge is 0.254 e. The molecule has 1 saturated heterocycles. The second-order valence-corrected chi connectivity index (χ2v) is 6.97. The Labute approximate surface area is 159 Å². The Morgan fingerprint density at radius 2 is 1.59 bits per heavy atom. The molecule has 27 heavy (non-hydrogen) atoms. The van der Waals surface area contributed by atoms with Crippen LogP contribution < -0.4 is 0 Å². The molecule has 0 spiro atoms. The van der Waals surface area contributed by atoms with Crippen molar-refractivity contribution in [2.45, 2.75) is 26.2 Å². The van der Waals surface area contributed by atoms with Crippen molar-refractivity contribution >= 4 is 11.8 Å². The van der Waals surface area contributed by atoms with Gasteiger partial charge in [0.15, 0.2) is 0 Å². The van der Waals surface area contributed by atoms with E-state index < -0.39 is 0 Å². The summed E-state index contributed by atoms with van der Waals surface area (Å²) in [5.74, 6) is -0.144. The first-order valence-corrected chi connectivity index (χ1v) is 9.42. The maximum Gasteiger partial charge on any atom is 0.254 e. The summed E-state index contributed by atoms with van der Waals surface area (Å²) in [4.78, 5) is 29.0. The number of benzene rings is 2. The zero-order valence-electron chi connectivity index (χ0n) is 15.7. The molecule has 0 saturated carbocycles. The SMILES string of the molecule is Cc1ccccc1C(=O)N1CCCN(C(=O)CCc2ccc(F)cc2)CC1. The number of aryl methyl sites for hydroxylation is 2. The molecule has 1 fully saturated rings. The molecule has 1 aliphatic heterocycles. The molecular weight excluding hydrogens is 343 g/mol. The standard InChI is InChI=1S/C22H25FN2O2/c1-17-5-2-3-6-20(17)22(27)25-14-4-13-24(15-16-25)21(26)12-9-18-7-10-19(23)11-8-18/h2-3,5-8,10-11H,4,9,12-16H2,1H3. The van der Waals surface area contributed by atoms with Gasteiger partial charge in [0.05, 0.1) is 0 Å². The van der Waals surface area contributed by atoms with E-state index in [2.05, 4.69) is 0 Å². The van der Waals surface area contributed by atoms with Gasteiger partial charge < -0.3 is 9.80 Å². The highest BCUT2D eigenvalue weighted by Gasteiger charge is 2.23. The van der Waals surface area contributed by atoms with Gasteiger partial charge in [-0.15, -0.1) is 0 Å². The minimum Gasteiger partial charge on any atom is -0.341 e. The lowest BCUT2D eigenvalue weighted by Crippen LogP contribution is -2.37. The molecule has 0 N–H and O–H groups in total. The van der Waals surface area contributed by atoms with Gasteiger partial charge in [-0.2, -0.15) is 0 Å². The van der Waals surface area contributed by atoms with E-state index in [1.165, 1.54) is 12.1 Å². The Morgan fingerprint density at radius 3 is 2.33 bits per heavy atom. The minimum atomic E-state index is -0.268. The van der Waals surface area contributed by atoms with Crippen LogP contribution in [0, 0.1) is 12.7 Å². The van der Waals surface area contributed by atoms with Crippen molar-refractivity contribution in [3.05, 3.63) is 71.0 Å². The van der Waals surface area contributed by atoms with Crippen molar-refractivity contribution in [2.75, 3.05) is 26.2 Å². The maximum atomic E-state index is 13.0. The molecular formula is C22H25FN2O2. The molecule has 0 radical (unpaired) electrons. The van der Waals surface area contributed by atoms with Crippen molar-refractivity contribution in [1.82, 2.24) is 9.80 Å². The van der Waals surface area contributed by atoms with E-state index >= 15 is 0 Å². The van der Waals surface area contributed by atoms with Crippen LogP contribution in [-0.4, -0.2) is 47.8 Å². The summed E-state index contributed by atoms with van der Waals surface area (Å²) in [6, 6.07) is 13.9. The van der Waals surface area contributed by atoms with Crippen LogP contribution >= 0.6 is 0 Å². The summed E-state index contributed by atoms with van der Waals surface area (Å²) in [6.07, 6.45) is 1.78. The van der Waals surface area contributed by atoms with Crippen LogP contribution in [0.5, 0.6) is 0 Å². The van der Waals surface area contributed by atoms with Crippen LogP contribution in [-0.2, 0) is 11.2 Å². The molecule has 0 aliphatic carbocycles. The van der Waals surface area contributed by atoms with E-state index in [0.717, 1.165) is 23.1 Å². The van der Waals surface area contributed by atoms with Crippen LogP contribution in [0.15, 0.2) is 48.5 Å². The Morgan fingerprint density at radius 1 is 0.926 bits per heavy atom. The van der Waals surface area contributed by atoms with Gasteiger partial charge in [0.1, 0.15) is 5.82 Å². The lowest BCUT2D eigenvalue weighted by Gasteiger charge is -2.23. The largest absolute Gasteiger partial charge is 0.341 e. The van der Waals surface area contributed by atoms with E-state index in [4.69, 9.17) is 0 Å². The van der Waals surface area contributed by atoms with E-state index in [-0.39, 0.29) is 17.6 Å². The molecule has 2 amide bonds. The van der Waals surface area contributed by atoms with Crippen molar-refractivity contribution in [2.24, 2.45) is 0 Å². The van der Waals surface area contributed by atoms with Gasteiger partial charge in [-0.1, -0.05) is 30.3 Å². The van der Waals surface area contributed by atoms with E-state index in [1.54, 1.807) is 12.1 Å². The van der Waals surface area contributed by atoms with E-state index in [1.807, 2.05) is 41.0 Å². The fourth-order valence-electron chi connectivity index (χ4n) is 3.41. The summed E-state index contributed by atoms with van der Waals surface area (Å²) in [6.45, 7) is 4.38. The zero-order chi connectivity index (χ0) is 19.2.